The molecule has 0 radical (unpaired) electrons. The van der Waals surface area contributed by atoms with Crippen LogP contribution in [0.4, 0.5) is 5.69 Å². The van der Waals surface area contributed by atoms with E-state index in [1.54, 1.807) is 6.92 Å². The van der Waals surface area contributed by atoms with E-state index in [9.17, 15) is 19.7 Å². The number of non-ortho nitro benzene ring substituents is 1. The molecule has 1 atom stereocenters. The minimum atomic E-state index is -0.524. The van der Waals surface area contributed by atoms with Crippen LogP contribution in [-0.4, -0.2) is 29.4 Å². The molecule has 0 aliphatic heterocycles. The third-order valence-electron chi connectivity index (χ3n) is 3.15. The number of carbonyl (C=O) groups is 2. The summed E-state index contributed by atoms with van der Waals surface area (Å²) >= 11 is 0. The summed E-state index contributed by atoms with van der Waals surface area (Å²) < 4.78 is 4.92. The lowest BCUT2D eigenvalue weighted by molar-refractivity contribution is -0.384. The van der Waals surface area contributed by atoms with Crippen LogP contribution in [0.2, 0.25) is 0 Å². The molecular weight excluding hydrogens is 300 g/mol. The Balaban J connectivity index is 2.74. The van der Waals surface area contributed by atoms with E-state index in [1.165, 1.54) is 24.3 Å². The molecule has 0 saturated heterocycles. The van der Waals surface area contributed by atoms with Crippen LogP contribution in [0.5, 0.6) is 0 Å². The Morgan fingerprint density at radius 3 is 2.35 bits per heavy atom. The lowest BCUT2D eigenvalue weighted by Crippen LogP contribution is -2.37. The van der Waals surface area contributed by atoms with Crippen molar-refractivity contribution in [3.8, 4) is 0 Å². The Morgan fingerprint density at radius 1 is 1.26 bits per heavy atom. The molecule has 0 saturated carbocycles. The number of nitro groups is 1. The average molecular weight is 322 g/mol. The smallest absolute Gasteiger partial charge is 0.307 e. The van der Waals surface area contributed by atoms with Crippen molar-refractivity contribution in [3.63, 3.8) is 0 Å². The second-order valence-electron chi connectivity index (χ2n) is 5.61. The predicted molar refractivity (Wildman–Crippen MR) is 85.1 cm³/mol. The monoisotopic (exact) mass is 322 g/mol. The van der Waals surface area contributed by atoms with Gasteiger partial charge in [0, 0.05) is 23.7 Å². The number of hydrogen-bond donors (Lipinski definition) is 1. The number of nitrogens with one attached hydrogen (secondary N) is 1. The van der Waals surface area contributed by atoms with Crippen LogP contribution in [0.15, 0.2) is 24.3 Å². The van der Waals surface area contributed by atoms with Gasteiger partial charge in [-0.1, -0.05) is 13.8 Å². The van der Waals surface area contributed by atoms with Gasteiger partial charge in [-0.05, 0) is 31.4 Å². The number of carbonyl (C=O) groups excluding carboxylic acids is 2. The lowest BCUT2D eigenvalue weighted by atomic mass is 10.0. The van der Waals surface area contributed by atoms with Crippen molar-refractivity contribution in [2.45, 2.75) is 39.7 Å². The predicted octanol–water partition coefficient (Wildman–Crippen LogP) is 2.69. The fourth-order valence-corrected chi connectivity index (χ4v) is 2.19. The molecule has 0 fully saturated rings. The van der Waals surface area contributed by atoms with Crippen LogP contribution in [0.25, 0.3) is 0 Å². The largest absolute Gasteiger partial charge is 0.466 e. The van der Waals surface area contributed by atoms with Crippen LogP contribution in [0.1, 0.15) is 44.0 Å². The van der Waals surface area contributed by atoms with Crippen molar-refractivity contribution < 1.29 is 19.2 Å². The fourth-order valence-electron chi connectivity index (χ4n) is 2.19. The second kappa shape index (κ2) is 8.87. The first kappa shape index (κ1) is 18.6. The highest BCUT2D eigenvalue weighted by molar-refractivity contribution is 5.94. The zero-order valence-electron chi connectivity index (χ0n) is 13.6. The quantitative estimate of drug-likeness (QED) is 0.451. The highest BCUT2D eigenvalue weighted by atomic mass is 16.6. The normalized spacial score (nSPS) is 11.8. The summed E-state index contributed by atoms with van der Waals surface area (Å²) in [4.78, 5) is 33.9. The Labute approximate surface area is 135 Å². The number of hydrogen-bond acceptors (Lipinski definition) is 5. The molecule has 0 bridgehead atoms. The van der Waals surface area contributed by atoms with Crippen molar-refractivity contribution in [1.29, 1.82) is 0 Å². The summed E-state index contributed by atoms with van der Waals surface area (Å²) in [5.41, 5.74) is 0.236. The first-order valence-corrected chi connectivity index (χ1v) is 7.54. The molecule has 1 rings (SSSR count). The van der Waals surface area contributed by atoms with Crippen LogP contribution < -0.4 is 5.32 Å². The highest BCUT2D eigenvalue weighted by Gasteiger charge is 2.19. The highest BCUT2D eigenvalue weighted by Crippen LogP contribution is 2.14. The summed E-state index contributed by atoms with van der Waals surface area (Å²) in [5.74, 6) is -0.427. The minimum absolute atomic E-state index is 0.0770. The van der Waals surface area contributed by atoms with Gasteiger partial charge in [0.15, 0.2) is 0 Å². The maximum Gasteiger partial charge on any atom is 0.307 e. The first-order chi connectivity index (χ1) is 10.8. The number of benzene rings is 1. The molecule has 1 unspecified atom stereocenters. The maximum absolute atomic E-state index is 12.2. The van der Waals surface area contributed by atoms with E-state index in [0.29, 0.717) is 24.5 Å². The Bertz CT molecular complexity index is 554. The first-order valence-electron chi connectivity index (χ1n) is 7.54. The van der Waals surface area contributed by atoms with Gasteiger partial charge in [-0.25, -0.2) is 0 Å². The van der Waals surface area contributed by atoms with Gasteiger partial charge >= 0.3 is 5.97 Å². The second-order valence-corrected chi connectivity index (χ2v) is 5.61. The van der Waals surface area contributed by atoms with E-state index >= 15 is 0 Å². The zero-order valence-corrected chi connectivity index (χ0v) is 13.6. The number of nitrogens with zero attached hydrogens (tertiary/aromatic N) is 1. The van der Waals surface area contributed by atoms with Crippen LogP contribution >= 0.6 is 0 Å². The van der Waals surface area contributed by atoms with E-state index in [-0.39, 0.29) is 30.0 Å². The molecule has 1 N–H and O–H groups in total. The molecule has 0 spiro atoms. The molecule has 126 valence electrons. The molecular formula is C16H22N2O5. The molecule has 1 amide bonds. The minimum Gasteiger partial charge on any atom is -0.466 e. The molecule has 0 heterocycles. The third-order valence-corrected chi connectivity index (χ3v) is 3.15. The van der Waals surface area contributed by atoms with Gasteiger partial charge in [-0.2, -0.15) is 0 Å². The Morgan fingerprint density at radius 2 is 1.87 bits per heavy atom. The van der Waals surface area contributed by atoms with Gasteiger partial charge in [0.25, 0.3) is 11.6 Å². The maximum atomic E-state index is 12.2. The summed E-state index contributed by atoms with van der Waals surface area (Å²) in [5, 5.41) is 13.4. The number of nitro benzene ring substituents is 1. The zero-order chi connectivity index (χ0) is 17.4. The molecule has 7 nitrogen and oxygen atoms in total. The van der Waals surface area contributed by atoms with Crippen molar-refractivity contribution >= 4 is 17.6 Å². The van der Waals surface area contributed by atoms with Crippen LogP contribution in [0, 0.1) is 16.0 Å². The van der Waals surface area contributed by atoms with Crippen molar-refractivity contribution in [2.24, 2.45) is 5.92 Å². The SMILES string of the molecule is CCOC(=O)CC(CC(C)C)NC(=O)c1ccc([N+](=O)[O-])cc1. The molecule has 23 heavy (non-hydrogen) atoms. The van der Waals surface area contributed by atoms with Gasteiger partial charge in [0.2, 0.25) is 0 Å². The molecule has 7 heteroatoms. The molecule has 1 aromatic rings. The van der Waals surface area contributed by atoms with Gasteiger partial charge in [-0.15, -0.1) is 0 Å². The number of ether oxygens (including phenoxy) is 1. The molecule has 0 aromatic heterocycles. The molecule has 0 aliphatic rings. The fraction of sp³-hybridized carbons (Fsp3) is 0.500. The van der Waals surface area contributed by atoms with Crippen molar-refractivity contribution in [3.05, 3.63) is 39.9 Å². The summed E-state index contributed by atoms with van der Waals surface area (Å²) in [7, 11) is 0. The van der Waals surface area contributed by atoms with E-state index < -0.39 is 4.92 Å². The average Bonchev–Trinajstić information content (AvgIpc) is 2.46. The summed E-state index contributed by atoms with van der Waals surface area (Å²) in [6.07, 6.45) is 0.738. The van der Waals surface area contributed by atoms with Gasteiger partial charge < -0.3 is 10.1 Å². The number of rotatable bonds is 8. The Kier molecular flexibility index (Phi) is 7.18. The summed E-state index contributed by atoms with van der Waals surface area (Å²) in [6.45, 7) is 6.01. The topological polar surface area (TPSA) is 98.5 Å². The van der Waals surface area contributed by atoms with E-state index in [4.69, 9.17) is 4.74 Å². The third kappa shape index (κ3) is 6.46. The Hall–Kier alpha value is -2.44. The van der Waals surface area contributed by atoms with Gasteiger partial charge in [0.05, 0.1) is 18.0 Å². The summed E-state index contributed by atoms with van der Waals surface area (Å²) in [6, 6.07) is 5.00. The van der Waals surface area contributed by atoms with Gasteiger partial charge in [0.1, 0.15) is 0 Å². The number of esters is 1. The van der Waals surface area contributed by atoms with Crippen molar-refractivity contribution in [1.82, 2.24) is 5.32 Å². The van der Waals surface area contributed by atoms with E-state index in [1.807, 2.05) is 13.8 Å². The van der Waals surface area contributed by atoms with Gasteiger partial charge in [-0.3, -0.25) is 19.7 Å². The van der Waals surface area contributed by atoms with E-state index in [2.05, 4.69) is 5.32 Å². The number of amides is 1. The van der Waals surface area contributed by atoms with Crippen LogP contribution in [0.3, 0.4) is 0 Å². The molecule has 0 aliphatic carbocycles. The van der Waals surface area contributed by atoms with Crippen LogP contribution in [-0.2, 0) is 9.53 Å². The van der Waals surface area contributed by atoms with E-state index in [0.717, 1.165) is 0 Å². The standard InChI is InChI=1S/C16H22N2O5/c1-4-23-15(19)10-13(9-11(2)3)17-16(20)12-5-7-14(8-6-12)18(21)22/h5-8,11,13H,4,9-10H2,1-3H3,(H,17,20). The van der Waals surface area contributed by atoms with Crippen molar-refractivity contribution in [2.75, 3.05) is 6.61 Å². The molecule has 1 aromatic carbocycles. The lowest BCUT2D eigenvalue weighted by Gasteiger charge is -2.20.